The van der Waals surface area contributed by atoms with E-state index in [4.69, 9.17) is 13.6 Å². The maximum atomic E-state index is 13.2. The van der Waals surface area contributed by atoms with Crippen LogP contribution < -0.4 is 0 Å². The lowest BCUT2D eigenvalue weighted by atomic mass is 9.79. The summed E-state index contributed by atoms with van der Waals surface area (Å²) in [7, 11) is -4.03. The average molecular weight is 454 g/mol. The first-order valence-electron chi connectivity index (χ1n) is 10.8. The molecule has 2 rings (SSSR count). The standard InChI is InChI=1S/C22H39NO5Si2/c1-12-13-26-21(25)18-19(28-29(7,8)9)14(2)17-16(20(24)23(17)18)15(3)27-30(10,11)22(4,5)6/h12,14-17H,1,13H2,2-11H3/t14-,15-,16-,17-/m1/s1. The normalized spacial score (nSPS) is 25.6. The van der Waals surface area contributed by atoms with E-state index in [0.29, 0.717) is 5.76 Å². The lowest BCUT2D eigenvalue weighted by molar-refractivity contribution is -0.163. The second kappa shape index (κ2) is 8.28. The number of β-lactam (4-membered cyclic amide) rings is 1. The number of amides is 1. The van der Waals surface area contributed by atoms with Crippen molar-refractivity contribution < 1.29 is 23.2 Å². The monoisotopic (exact) mass is 453 g/mol. The third-order valence-electron chi connectivity index (χ3n) is 6.32. The summed E-state index contributed by atoms with van der Waals surface area (Å²) < 4.78 is 18.1. The quantitative estimate of drug-likeness (QED) is 0.231. The van der Waals surface area contributed by atoms with Crippen LogP contribution in [0.15, 0.2) is 24.1 Å². The average Bonchev–Trinajstić information content (AvgIpc) is 2.79. The lowest BCUT2D eigenvalue weighted by Crippen LogP contribution is -2.65. The minimum absolute atomic E-state index is 0.0546. The number of ether oxygens (including phenoxy) is 1. The summed E-state index contributed by atoms with van der Waals surface area (Å²) in [5.74, 6) is -0.404. The van der Waals surface area contributed by atoms with Crippen molar-refractivity contribution in [1.82, 2.24) is 4.90 Å². The molecule has 0 radical (unpaired) electrons. The zero-order valence-corrected chi connectivity index (χ0v) is 22.3. The van der Waals surface area contributed by atoms with Crippen LogP contribution in [0.4, 0.5) is 0 Å². The van der Waals surface area contributed by atoms with Gasteiger partial charge in [0.15, 0.2) is 14.0 Å². The van der Waals surface area contributed by atoms with Gasteiger partial charge in [0.25, 0.3) is 0 Å². The fraction of sp³-hybridized carbons (Fsp3) is 0.727. The molecule has 0 saturated carbocycles. The summed E-state index contributed by atoms with van der Waals surface area (Å²) in [6.45, 7) is 24.9. The van der Waals surface area contributed by atoms with Crippen molar-refractivity contribution in [2.45, 2.75) is 84.5 Å². The summed E-state index contributed by atoms with van der Waals surface area (Å²) in [5, 5.41) is 0.0546. The predicted molar refractivity (Wildman–Crippen MR) is 124 cm³/mol. The van der Waals surface area contributed by atoms with Crippen LogP contribution in [0.25, 0.3) is 0 Å². The van der Waals surface area contributed by atoms with Gasteiger partial charge in [0.1, 0.15) is 12.4 Å². The van der Waals surface area contributed by atoms with E-state index >= 15 is 0 Å². The Balaban J connectivity index is 2.33. The van der Waals surface area contributed by atoms with Gasteiger partial charge in [-0.05, 0) is 44.7 Å². The zero-order chi connectivity index (χ0) is 23.2. The van der Waals surface area contributed by atoms with Gasteiger partial charge in [0.05, 0.1) is 18.1 Å². The Bertz CT molecular complexity index is 748. The van der Waals surface area contributed by atoms with Gasteiger partial charge in [-0.1, -0.05) is 40.3 Å². The van der Waals surface area contributed by atoms with Crippen LogP contribution >= 0.6 is 0 Å². The van der Waals surface area contributed by atoms with Gasteiger partial charge in [-0.2, -0.15) is 0 Å². The van der Waals surface area contributed by atoms with E-state index in [-0.39, 0.29) is 47.2 Å². The Morgan fingerprint density at radius 1 is 1.23 bits per heavy atom. The summed E-state index contributed by atoms with van der Waals surface area (Å²) in [6.07, 6.45) is 1.29. The smallest absolute Gasteiger partial charge is 0.358 e. The molecule has 2 aliphatic rings. The summed E-state index contributed by atoms with van der Waals surface area (Å²) >= 11 is 0. The second-order valence-electron chi connectivity index (χ2n) is 10.9. The Morgan fingerprint density at radius 3 is 2.27 bits per heavy atom. The molecule has 0 spiro atoms. The molecule has 6 nitrogen and oxygen atoms in total. The van der Waals surface area contributed by atoms with Gasteiger partial charge >= 0.3 is 5.97 Å². The fourth-order valence-corrected chi connectivity index (χ4v) is 6.25. The molecule has 1 amide bonds. The largest absolute Gasteiger partial charge is 0.545 e. The molecule has 30 heavy (non-hydrogen) atoms. The molecule has 1 fully saturated rings. The first kappa shape index (κ1) is 24.9. The zero-order valence-electron chi connectivity index (χ0n) is 20.3. The molecule has 2 aliphatic heterocycles. The molecule has 0 bridgehead atoms. The molecule has 0 N–H and O–H groups in total. The Labute approximate surface area is 183 Å². The van der Waals surface area contributed by atoms with Crippen LogP contribution in [0.2, 0.25) is 37.8 Å². The Morgan fingerprint density at radius 2 is 1.80 bits per heavy atom. The molecule has 0 aliphatic carbocycles. The van der Waals surface area contributed by atoms with E-state index in [1.165, 1.54) is 6.08 Å². The highest BCUT2D eigenvalue weighted by atomic mass is 28.4. The lowest BCUT2D eigenvalue weighted by Gasteiger charge is -2.49. The number of rotatable bonds is 8. The van der Waals surface area contributed by atoms with Gasteiger partial charge in [-0.3, -0.25) is 9.69 Å². The molecule has 4 atom stereocenters. The summed E-state index contributed by atoms with van der Waals surface area (Å²) in [4.78, 5) is 27.6. The molecule has 0 aromatic heterocycles. The number of esters is 1. The molecule has 0 aromatic carbocycles. The van der Waals surface area contributed by atoms with Crippen LogP contribution in [0.3, 0.4) is 0 Å². The summed E-state index contributed by atoms with van der Waals surface area (Å²) in [6, 6.07) is -0.144. The van der Waals surface area contributed by atoms with Crippen LogP contribution in [0.5, 0.6) is 0 Å². The summed E-state index contributed by atoms with van der Waals surface area (Å²) in [5.41, 5.74) is 0.262. The maximum absolute atomic E-state index is 13.2. The number of nitrogens with zero attached hydrogens (tertiary/aromatic N) is 1. The fourth-order valence-electron chi connectivity index (χ4n) is 3.88. The SMILES string of the molecule is C=CCOC(=O)C1=C(O[Si](C)(C)C)[C@H](C)[C@@H]2[C@@H]([C@@H](C)O[Si](C)(C)C(C)(C)C)C(=O)N12. The first-order valence-corrected chi connectivity index (χ1v) is 17.1. The topological polar surface area (TPSA) is 65.1 Å². The molecular weight excluding hydrogens is 414 g/mol. The predicted octanol–water partition coefficient (Wildman–Crippen LogP) is 4.67. The first-order chi connectivity index (χ1) is 13.5. The molecule has 0 aromatic rings. The van der Waals surface area contributed by atoms with Crippen LogP contribution in [-0.2, 0) is 23.2 Å². The van der Waals surface area contributed by atoms with Gasteiger partial charge in [0, 0.05) is 5.92 Å². The molecule has 170 valence electrons. The van der Waals surface area contributed by atoms with Crippen molar-refractivity contribution >= 4 is 28.5 Å². The second-order valence-corrected chi connectivity index (χ2v) is 20.1. The highest BCUT2D eigenvalue weighted by Crippen LogP contribution is 2.50. The van der Waals surface area contributed by atoms with Crippen molar-refractivity contribution in [3.63, 3.8) is 0 Å². The minimum atomic E-state index is -2.03. The van der Waals surface area contributed by atoms with E-state index in [1.807, 2.05) is 13.8 Å². The van der Waals surface area contributed by atoms with Crippen molar-refractivity contribution in [2.24, 2.45) is 11.8 Å². The number of fused-ring (bicyclic) bond motifs is 1. The molecular formula is C22H39NO5Si2. The molecule has 8 heteroatoms. The molecule has 2 heterocycles. The van der Waals surface area contributed by atoms with Gasteiger partial charge in [0.2, 0.25) is 14.2 Å². The van der Waals surface area contributed by atoms with E-state index in [2.05, 4.69) is 60.1 Å². The van der Waals surface area contributed by atoms with Crippen molar-refractivity contribution in [2.75, 3.05) is 6.61 Å². The number of hydrogen-bond acceptors (Lipinski definition) is 5. The number of carbonyl (C=O) groups excluding carboxylic acids is 2. The van der Waals surface area contributed by atoms with Gasteiger partial charge in [-0.15, -0.1) is 0 Å². The minimum Gasteiger partial charge on any atom is -0.545 e. The van der Waals surface area contributed by atoms with Gasteiger partial charge in [-0.25, -0.2) is 4.79 Å². The van der Waals surface area contributed by atoms with Crippen LogP contribution in [0.1, 0.15) is 34.6 Å². The van der Waals surface area contributed by atoms with Crippen LogP contribution in [0, 0.1) is 11.8 Å². The Hall–Kier alpha value is -1.39. The van der Waals surface area contributed by atoms with Crippen molar-refractivity contribution in [3.8, 4) is 0 Å². The van der Waals surface area contributed by atoms with Crippen molar-refractivity contribution in [1.29, 1.82) is 0 Å². The van der Waals surface area contributed by atoms with E-state index in [0.717, 1.165) is 0 Å². The van der Waals surface area contributed by atoms with Gasteiger partial charge < -0.3 is 13.6 Å². The third kappa shape index (κ3) is 4.60. The van der Waals surface area contributed by atoms with E-state index in [9.17, 15) is 9.59 Å². The third-order valence-corrected chi connectivity index (χ3v) is 11.7. The van der Waals surface area contributed by atoms with Crippen LogP contribution in [-0.4, -0.2) is 52.2 Å². The molecule has 0 unspecified atom stereocenters. The number of hydrogen-bond donors (Lipinski definition) is 0. The maximum Gasteiger partial charge on any atom is 0.358 e. The van der Waals surface area contributed by atoms with E-state index < -0.39 is 22.6 Å². The Kier molecular flexibility index (Phi) is 6.86. The highest BCUT2D eigenvalue weighted by molar-refractivity contribution is 6.74. The molecule has 1 saturated heterocycles. The van der Waals surface area contributed by atoms with E-state index in [1.54, 1.807) is 4.90 Å². The van der Waals surface area contributed by atoms with Crippen molar-refractivity contribution in [3.05, 3.63) is 24.1 Å². The highest BCUT2D eigenvalue weighted by Gasteiger charge is 2.62. The number of carbonyl (C=O) groups is 2.